The molecule has 0 unspecified atom stereocenters. The van der Waals surface area contributed by atoms with Gasteiger partial charge in [-0.1, -0.05) is 0 Å². The third kappa shape index (κ3) is 3.87. The van der Waals surface area contributed by atoms with Crippen LogP contribution in [0.15, 0.2) is 48.5 Å². The highest BCUT2D eigenvalue weighted by molar-refractivity contribution is 6.02. The van der Waals surface area contributed by atoms with Crippen LogP contribution in [0.3, 0.4) is 0 Å². The van der Waals surface area contributed by atoms with Crippen LogP contribution in [-0.4, -0.2) is 19.0 Å². The molecule has 2 aromatic carbocycles. The van der Waals surface area contributed by atoms with E-state index in [0.717, 1.165) is 24.3 Å². The molecule has 24 heavy (non-hydrogen) atoms. The van der Waals surface area contributed by atoms with Gasteiger partial charge in [0.2, 0.25) is 5.91 Å². The molecule has 5 nitrogen and oxygen atoms in total. The highest BCUT2D eigenvalue weighted by atomic mass is 16.1. The number of nitrogens with two attached hydrogens (primary N) is 2. The second-order valence-corrected chi connectivity index (χ2v) is 5.96. The Morgan fingerprint density at radius 2 is 1.67 bits per heavy atom. The van der Waals surface area contributed by atoms with Crippen molar-refractivity contribution in [2.24, 2.45) is 0 Å². The monoisotopic (exact) mass is 322 g/mol. The first-order chi connectivity index (χ1) is 11.6. The van der Waals surface area contributed by atoms with Crippen molar-refractivity contribution >= 4 is 34.7 Å². The fourth-order valence-corrected chi connectivity index (χ4v) is 2.87. The maximum absolute atomic E-state index is 12.1. The number of nitrogens with one attached hydrogen (secondary N) is 1. The van der Waals surface area contributed by atoms with Crippen LogP contribution in [-0.2, 0) is 4.79 Å². The topological polar surface area (TPSA) is 84.4 Å². The predicted octanol–water partition coefficient (Wildman–Crippen LogP) is 3.10. The number of rotatable bonds is 4. The van der Waals surface area contributed by atoms with Gasteiger partial charge < -0.3 is 21.7 Å². The molecule has 5 N–H and O–H groups in total. The number of hydrogen-bond acceptors (Lipinski definition) is 4. The molecule has 2 aromatic rings. The summed E-state index contributed by atoms with van der Waals surface area (Å²) in [5.41, 5.74) is 15.7. The predicted molar refractivity (Wildman–Crippen MR) is 101 cm³/mol. The lowest BCUT2D eigenvalue weighted by atomic mass is 10.1. The molecule has 0 aromatic heterocycles. The molecule has 124 valence electrons. The van der Waals surface area contributed by atoms with Crippen molar-refractivity contribution in [1.29, 1.82) is 0 Å². The standard InChI is InChI=1S/C19H22N4O/c20-15-4-7-17(8-5-15)22-19(24)10-3-14-13-16(21)6-9-18(14)23-11-1-2-12-23/h3-10,13H,1-2,11-12,20-21H2,(H,22,24). The highest BCUT2D eigenvalue weighted by Crippen LogP contribution is 2.27. The molecule has 1 aliphatic heterocycles. The quantitative estimate of drug-likeness (QED) is 0.596. The zero-order chi connectivity index (χ0) is 16.9. The van der Waals surface area contributed by atoms with Crippen molar-refractivity contribution < 1.29 is 4.79 Å². The average molecular weight is 322 g/mol. The lowest BCUT2D eigenvalue weighted by Crippen LogP contribution is -2.18. The van der Waals surface area contributed by atoms with Crippen LogP contribution in [0.25, 0.3) is 6.08 Å². The minimum absolute atomic E-state index is 0.186. The summed E-state index contributed by atoms with van der Waals surface area (Å²) < 4.78 is 0. The van der Waals surface area contributed by atoms with E-state index in [-0.39, 0.29) is 5.91 Å². The Morgan fingerprint density at radius 3 is 2.38 bits per heavy atom. The van der Waals surface area contributed by atoms with Gasteiger partial charge in [0.15, 0.2) is 0 Å². The molecule has 0 bridgehead atoms. The molecule has 1 amide bonds. The number of nitrogen functional groups attached to an aromatic ring is 2. The summed E-state index contributed by atoms with van der Waals surface area (Å²) in [6, 6.07) is 12.9. The highest BCUT2D eigenvalue weighted by Gasteiger charge is 2.14. The summed E-state index contributed by atoms with van der Waals surface area (Å²) in [7, 11) is 0. The van der Waals surface area contributed by atoms with Gasteiger partial charge in [-0.15, -0.1) is 0 Å². The van der Waals surface area contributed by atoms with Crippen LogP contribution >= 0.6 is 0 Å². The molecule has 1 saturated heterocycles. The maximum Gasteiger partial charge on any atom is 0.248 e. The van der Waals surface area contributed by atoms with Crippen molar-refractivity contribution in [2.75, 3.05) is 34.8 Å². The van der Waals surface area contributed by atoms with E-state index in [2.05, 4.69) is 10.2 Å². The van der Waals surface area contributed by atoms with E-state index < -0.39 is 0 Å². The van der Waals surface area contributed by atoms with Crippen LogP contribution < -0.4 is 21.7 Å². The molecule has 0 radical (unpaired) electrons. The summed E-state index contributed by atoms with van der Waals surface area (Å²) in [4.78, 5) is 14.4. The smallest absolute Gasteiger partial charge is 0.248 e. The third-order valence-corrected chi connectivity index (χ3v) is 4.09. The molecule has 1 aliphatic rings. The van der Waals surface area contributed by atoms with Gasteiger partial charge in [0.05, 0.1) is 0 Å². The van der Waals surface area contributed by atoms with Gasteiger partial charge in [-0.3, -0.25) is 4.79 Å². The van der Waals surface area contributed by atoms with Gasteiger partial charge in [-0.25, -0.2) is 0 Å². The Morgan fingerprint density at radius 1 is 1.00 bits per heavy atom. The van der Waals surface area contributed by atoms with E-state index in [1.165, 1.54) is 18.9 Å². The second kappa shape index (κ2) is 7.08. The Bertz CT molecular complexity index is 746. The molecule has 0 aliphatic carbocycles. The Balaban J connectivity index is 1.74. The second-order valence-electron chi connectivity index (χ2n) is 5.96. The third-order valence-electron chi connectivity index (χ3n) is 4.09. The molecule has 1 heterocycles. The van der Waals surface area contributed by atoms with Crippen molar-refractivity contribution in [2.45, 2.75) is 12.8 Å². The zero-order valence-electron chi connectivity index (χ0n) is 13.5. The number of benzene rings is 2. The first-order valence-corrected chi connectivity index (χ1v) is 8.11. The molecule has 0 spiro atoms. The van der Waals surface area contributed by atoms with Gasteiger partial charge in [0, 0.05) is 47.5 Å². The Hall–Kier alpha value is -2.95. The van der Waals surface area contributed by atoms with Crippen LogP contribution in [0.4, 0.5) is 22.7 Å². The molecule has 1 fully saturated rings. The normalized spacial score (nSPS) is 14.2. The summed E-state index contributed by atoms with van der Waals surface area (Å²) in [6.45, 7) is 2.09. The molecule has 0 atom stereocenters. The molecular weight excluding hydrogens is 300 g/mol. The minimum atomic E-state index is -0.186. The van der Waals surface area contributed by atoms with Gasteiger partial charge in [-0.05, 0) is 61.4 Å². The van der Waals surface area contributed by atoms with E-state index in [1.807, 2.05) is 24.3 Å². The fourth-order valence-electron chi connectivity index (χ4n) is 2.87. The average Bonchev–Trinajstić information content (AvgIpc) is 3.09. The number of hydrogen-bond donors (Lipinski definition) is 3. The number of amides is 1. The Labute approximate surface area is 141 Å². The maximum atomic E-state index is 12.1. The lowest BCUT2D eigenvalue weighted by Gasteiger charge is -2.20. The van der Waals surface area contributed by atoms with Gasteiger partial charge in [0.25, 0.3) is 0 Å². The summed E-state index contributed by atoms with van der Waals surface area (Å²) in [5.74, 6) is -0.186. The number of carbonyl (C=O) groups excluding carboxylic acids is 1. The number of carbonyl (C=O) groups is 1. The number of anilines is 4. The largest absolute Gasteiger partial charge is 0.399 e. The lowest BCUT2D eigenvalue weighted by molar-refractivity contribution is -0.111. The van der Waals surface area contributed by atoms with Crippen molar-refractivity contribution in [3.63, 3.8) is 0 Å². The fraction of sp³-hybridized carbons (Fsp3) is 0.211. The minimum Gasteiger partial charge on any atom is -0.399 e. The Kier molecular flexibility index (Phi) is 4.70. The van der Waals surface area contributed by atoms with E-state index in [4.69, 9.17) is 11.5 Å². The van der Waals surface area contributed by atoms with Crippen molar-refractivity contribution in [3.8, 4) is 0 Å². The van der Waals surface area contributed by atoms with Crippen molar-refractivity contribution in [1.82, 2.24) is 0 Å². The molecular formula is C19H22N4O. The molecule has 0 saturated carbocycles. The van der Waals surface area contributed by atoms with Gasteiger partial charge in [-0.2, -0.15) is 0 Å². The first kappa shape index (κ1) is 15.9. The van der Waals surface area contributed by atoms with Gasteiger partial charge >= 0.3 is 0 Å². The van der Waals surface area contributed by atoms with Crippen LogP contribution in [0.2, 0.25) is 0 Å². The van der Waals surface area contributed by atoms with Crippen LogP contribution in [0.1, 0.15) is 18.4 Å². The summed E-state index contributed by atoms with van der Waals surface area (Å²) in [5, 5.41) is 2.82. The summed E-state index contributed by atoms with van der Waals surface area (Å²) in [6.07, 6.45) is 5.75. The van der Waals surface area contributed by atoms with Crippen molar-refractivity contribution in [3.05, 3.63) is 54.1 Å². The molecule has 3 rings (SSSR count). The van der Waals surface area contributed by atoms with Gasteiger partial charge in [0.1, 0.15) is 0 Å². The first-order valence-electron chi connectivity index (χ1n) is 8.11. The van der Waals surface area contributed by atoms with E-state index in [9.17, 15) is 4.79 Å². The van der Waals surface area contributed by atoms with E-state index in [0.29, 0.717) is 17.1 Å². The van der Waals surface area contributed by atoms with E-state index in [1.54, 1.807) is 24.3 Å². The summed E-state index contributed by atoms with van der Waals surface area (Å²) >= 11 is 0. The van der Waals surface area contributed by atoms with E-state index >= 15 is 0 Å². The molecule has 5 heteroatoms. The van der Waals surface area contributed by atoms with Crippen LogP contribution in [0.5, 0.6) is 0 Å². The SMILES string of the molecule is Nc1ccc(NC(=O)C=Cc2cc(N)ccc2N2CCCC2)cc1. The zero-order valence-corrected chi connectivity index (χ0v) is 13.5. The van der Waals surface area contributed by atoms with Crippen LogP contribution in [0, 0.1) is 0 Å². The number of nitrogens with zero attached hydrogens (tertiary/aromatic N) is 1.